The van der Waals surface area contributed by atoms with Gasteiger partial charge in [-0.05, 0) is 36.4 Å². The third-order valence-corrected chi connectivity index (χ3v) is 2.90. The highest BCUT2D eigenvalue weighted by molar-refractivity contribution is 9.10. The summed E-state index contributed by atoms with van der Waals surface area (Å²) < 4.78 is 29.3. The van der Waals surface area contributed by atoms with Crippen LogP contribution in [0.15, 0.2) is 53.0 Å². The molecule has 104 valence electrons. The Hall–Kier alpha value is -1.95. The molecule has 0 saturated carbocycles. The predicted octanol–water partition coefficient (Wildman–Crippen LogP) is 4.30. The second-order valence-corrected chi connectivity index (χ2v) is 4.79. The minimum absolute atomic E-state index is 0.0538. The number of benzene rings is 2. The second kappa shape index (κ2) is 6.47. The summed E-state index contributed by atoms with van der Waals surface area (Å²) in [5.74, 6) is -0.454. The summed E-state index contributed by atoms with van der Waals surface area (Å²) in [6, 6.07) is 12.7. The maximum Gasteiger partial charge on any atom is 0.387 e. The normalized spacial score (nSPS) is 10.4. The minimum Gasteiger partial charge on any atom is -0.435 e. The van der Waals surface area contributed by atoms with E-state index < -0.39 is 12.5 Å². The fourth-order valence-corrected chi connectivity index (χ4v) is 1.98. The van der Waals surface area contributed by atoms with Crippen molar-refractivity contribution in [3.8, 4) is 5.75 Å². The number of nitrogens with one attached hydrogen (secondary N) is 1. The van der Waals surface area contributed by atoms with Gasteiger partial charge in [0, 0.05) is 15.7 Å². The van der Waals surface area contributed by atoms with Crippen molar-refractivity contribution >= 4 is 27.5 Å². The zero-order valence-corrected chi connectivity index (χ0v) is 11.7. The molecule has 3 nitrogen and oxygen atoms in total. The summed E-state index contributed by atoms with van der Waals surface area (Å²) in [5.41, 5.74) is 0.840. The van der Waals surface area contributed by atoms with Crippen LogP contribution in [0.4, 0.5) is 14.5 Å². The summed E-state index contributed by atoms with van der Waals surface area (Å²) in [7, 11) is 0. The maximum atomic E-state index is 12.1. The quantitative estimate of drug-likeness (QED) is 0.900. The molecule has 6 heteroatoms. The first kappa shape index (κ1) is 14.5. The number of carbonyl (C=O) groups excluding carboxylic acids is 1. The van der Waals surface area contributed by atoms with Crippen LogP contribution in [0.3, 0.4) is 0 Å². The van der Waals surface area contributed by atoms with Gasteiger partial charge in [-0.25, -0.2) is 0 Å². The summed E-state index contributed by atoms with van der Waals surface area (Å²) in [6.07, 6.45) is 0. The Labute approximate surface area is 122 Å². The van der Waals surface area contributed by atoms with Gasteiger partial charge in [0.2, 0.25) is 0 Å². The molecule has 0 atom stereocenters. The van der Waals surface area contributed by atoms with Crippen molar-refractivity contribution in [2.45, 2.75) is 6.61 Å². The number of hydrogen-bond donors (Lipinski definition) is 1. The van der Waals surface area contributed by atoms with E-state index in [1.54, 1.807) is 18.2 Å². The maximum absolute atomic E-state index is 12.1. The van der Waals surface area contributed by atoms with Crippen LogP contribution in [0, 0.1) is 0 Å². The second-order valence-electron chi connectivity index (χ2n) is 3.87. The monoisotopic (exact) mass is 341 g/mol. The Morgan fingerprint density at radius 3 is 2.60 bits per heavy atom. The van der Waals surface area contributed by atoms with Crippen molar-refractivity contribution in [2.75, 3.05) is 5.32 Å². The molecule has 0 spiro atoms. The van der Waals surface area contributed by atoms with Crippen molar-refractivity contribution in [3.63, 3.8) is 0 Å². The number of halogens is 3. The number of alkyl halides is 2. The molecule has 0 bridgehead atoms. The molecule has 0 aromatic heterocycles. The molecule has 0 unspecified atom stereocenters. The van der Waals surface area contributed by atoms with Crippen molar-refractivity contribution in [3.05, 3.63) is 58.6 Å². The van der Waals surface area contributed by atoms with E-state index in [1.807, 2.05) is 6.07 Å². The van der Waals surface area contributed by atoms with Gasteiger partial charge in [0.25, 0.3) is 5.91 Å². The van der Waals surface area contributed by atoms with Gasteiger partial charge in [0.1, 0.15) is 5.75 Å². The SMILES string of the molecule is O=C(Nc1cccc(Br)c1)c1cccc(OC(F)F)c1. The van der Waals surface area contributed by atoms with E-state index in [0.717, 1.165) is 4.47 Å². The van der Waals surface area contributed by atoms with Crippen molar-refractivity contribution in [2.24, 2.45) is 0 Å². The molecule has 2 aromatic rings. The van der Waals surface area contributed by atoms with Crippen LogP contribution in [0.5, 0.6) is 5.75 Å². The largest absolute Gasteiger partial charge is 0.435 e. The number of anilines is 1. The first-order valence-corrected chi connectivity index (χ1v) is 6.46. The summed E-state index contributed by atoms with van der Waals surface area (Å²) in [4.78, 5) is 12.0. The lowest BCUT2D eigenvalue weighted by Gasteiger charge is -2.08. The van der Waals surface area contributed by atoms with E-state index in [0.29, 0.717) is 5.69 Å². The lowest BCUT2D eigenvalue weighted by Crippen LogP contribution is -2.12. The molecule has 0 saturated heterocycles. The average molecular weight is 342 g/mol. The molecule has 0 aliphatic rings. The highest BCUT2D eigenvalue weighted by atomic mass is 79.9. The summed E-state index contributed by atoms with van der Waals surface area (Å²) >= 11 is 3.29. The van der Waals surface area contributed by atoms with Crippen LogP contribution in [0.1, 0.15) is 10.4 Å². The standard InChI is InChI=1S/C14H10BrF2NO2/c15-10-4-2-5-11(8-10)18-13(19)9-3-1-6-12(7-9)20-14(16)17/h1-8,14H,(H,18,19). The molecule has 20 heavy (non-hydrogen) atoms. The third kappa shape index (κ3) is 4.03. The zero-order valence-electron chi connectivity index (χ0n) is 10.1. The first-order valence-electron chi connectivity index (χ1n) is 5.66. The third-order valence-electron chi connectivity index (χ3n) is 2.40. The fourth-order valence-electron chi connectivity index (χ4n) is 1.58. The Morgan fingerprint density at radius 2 is 1.90 bits per heavy atom. The van der Waals surface area contributed by atoms with Crippen LogP contribution in [0.25, 0.3) is 0 Å². The number of ether oxygens (including phenoxy) is 1. The Morgan fingerprint density at radius 1 is 1.15 bits per heavy atom. The van der Waals surface area contributed by atoms with Gasteiger partial charge in [-0.1, -0.05) is 28.1 Å². The smallest absolute Gasteiger partial charge is 0.387 e. The lowest BCUT2D eigenvalue weighted by molar-refractivity contribution is -0.0498. The minimum atomic E-state index is -2.92. The molecule has 0 radical (unpaired) electrons. The molecule has 2 rings (SSSR count). The predicted molar refractivity (Wildman–Crippen MR) is 75.2 cm³/mol. The van der Waals surface area contributed by atoms with Gasteiger partial charge < -0.3 is 10.1 Å². The summed E-state index contributed by atoms with van der Waals surface area (Å²) in [6.45, 7) is -2.92. The number of carbonyl (C=O) groups is 1. The fraction of sp³-hybridized carbons (Fsp3) is 0.0714. The lowest BCUT2D eigenvalue weighted by atomic mass is 10.2. The van der Waals surface area contributed by atoms with Crippen LogP contribution in [-0.4, -0.2) is 12.5 Å². The van der Waals surface area contributed by atoms with Gasteiger partial charge in [-0.2, -0.15) is 8.78 Å². The van der Waals surface area contributed by atoms with Crippen LogP contribution in [-0.2, 0) is 0 Å². The first-order chi connectivity index (χ1) is 9.54. The Kier molecular flexibility index (Phi) is 4.68. The molecular weight excluding hydrogens is 332 g/mol. The molecule has 0 heterocycles. The molecule has 0 aliphatic heterocycles. The number of amides is 1. The van der Waals surface area contributed by atoms with Gasteiger partial charge in [-0.3, -0.25) is 4.79 Å². The van der Waals surface area contributed by atoms with Gasteiger partial charge in [0.15, 0.2) is 0 Å². The van der Waals surface area contributed by atoms with Crippen LogP contribution in [0.2, 0.25) is 0 Å². The average Bonchev–Trinajstić information content (AvgIpc) is 2.38. The molecule has 0 fully saturated rings. The summed E-state index contributed by atoms with van der Waals surface area (Å²) in [5, 5.41) is 2.67. The van der Waals surface area contributed by atoms with Gasteiger partial charge in [0.05, 0.1) is 0 Å². The number of rotatable bonds is 4. The van der Waals surface area contributed by atoms with E-state index in [2.05, 4.69) is 26.0 Å². The van der Waals surface area contributed by atoms with Gasteiger partial charge in [-0.15, -0.1) is 0 Å². The van der Waals surface area contributed by atoms with Crippen LogP contribution >= 0.6 is 15.9 Å². The highest BCUT2D eigenvalue weighted by Crippen LogP contribution is 2.19. The van der Waals surface area contributed by atoms with Gasteiger partial charge >= 0.3 is 6.61 Å². The Bertz CT molecular complexity index is 620. The van der Waals surface area contributed by atoms with E-state index in [-0.39, 0.29) is 11.3 Å². The van der Waals surface area contributed by atoms with Crippen molar-refractivity contribution in [1.82, 2.24) is 0 Å². The zero-order chi connectivity index (χ0) is 14.5. The number of hydrogen-bond acceptors (Lipinski definition) is 2. The molecule has 1 N–H and O–H groups in total. The van der Waals surface area contributed by atoms with Crippen LogP contribution < -0.4 is 10.1 Å². The molecule has 0 aliphatic carbocycles. The molecular formula is C14H10BrF2NO2. The van der Waals surface area contributed by atoms with E-state index >= 15 is 0 Å². The highest BCUT2D eigenvalue weighted by Gasteiger charge is 2.09. The van der Waals surface area contributed by atoms with E-state index in [9.17, 15) is 13.6 Å². The van der Waals surface area contributed by atoms with E-state index in [4.69, 9.17) is 0 Å². The Balaban J connectivity index is 2.13. The van der Waals surface area contributed by atoms with Crippen molar-refractivity contribution < 1.29 is 18.3 Å². The van der Waals surface area contributed by atoms with E-state index in [1.165, 1.54) is 24.3 Å². The topological polar surface area (TPSA) is 38.3 Å². The van der Waals surface area contributed by atoms with Crippen molar-refractivity contribution in [1.29, 1.82) is 0 Å². The molecule has 1 amide bonds. The molecule has 2 aromatic carbocycles.